The number of hydrazone groups is 1. The molecule has 3 aromatic carbocycles. The van der Waals surface area contributed by atoms with Gasteiger partial charge in [-0.15, -0.1) is 0 Å². The Morgan fingerprint density at radius 3 is 2.21 bits per heavy atom. The van der Waals surface area contributed by atoms with E-state index in [4.69, 9.17) is 14.2 Å². The Bertz CT molecular complexity index is 1590. The number of nitrogens with zero attached hydrogens (tertiary/aromatic N) is 4. The molecule has 1 atom stereocenters. The molecule has 12 heteroatoms. The second-order valence-corrected chi connectivity index (χ2v) is 19.6. The van der Waals surface area contributed by atoms with Gasteiger partial charge >= 0.3 is 6.18 Å². The summed E-state index contributed by atoms with van der Waals surface area (Å²) in [5.41, 5.74) is 0.676. The van der Waals surface area contributed by atoms with Gasteiger partial charge in [-0.05, 0) is 37.1 Å². The Hall–Kier alpha value is -3.87. The van der Waals surface area contributed by atoms with Crippen LogP contribution in [0.1, 0.15) is 36.6 Å². The van der Waals surface area contributed by atoms with Crippen molar-refractivity contribution in [3.8, 4) is 11.5 Å². The average molecular weight is 667 g/mol. The zero-order chi connectivity index (χ0) is 33.6. The fourth-order valence-corrected chi connectivity index (χ4v) is 7.12. The van der Waals surface area contributed by atoms with E-state index in [9.17, 15) is 18.0 Å². The van der Waals surface area contributed by atoms with Gasteiger partial charge in [-0.25, -0.2) is 5.01 Å². The van der Waals surface area contributed by atoms with E-state index < -0.39 is 31.5 Å². The molecule has 3 aromatic rings. The second kappa shape index (κ2) is 12.6. The maximum absolute atomic E-state index is 14.5. The zero-order valence-corrected chi connectivity index (χ0v) is 28.4. The molecule has 3 aliphatic rings. The van der Waals surface area contributed by atoms with Crippen LogP contribution in [-0.4, -0.2) is 74.4 Å². The van der Waals surface area contributed by atoms with E-state index in [-0.39, 0.29) is 36.8 Å². The summed E-state index contributed by atoms with van der Waals surface area (Å²) in [6.07, 6.45) is -4.69. The van der Waals surface area contributed by atoms with Crippen molar-refractivity contribution in [2.24, 2.45) is 5.10 Å². The number of benzene rings is 3. The molecule has 1 amide bonds. The Morgan fingerprint density at radius 1 is 1.02 bits per heavy atom. The maximum Gasteiger partial charge on any atom is 0.420 e. The Kier molecular flexibility index (Phi) is 8.88. The lowest BCUT2D eigenvalue weighted by atomic mass is 9.88. The molecule has 0 aromatic heterocycles. The number of likely N-dealkylation sites (tertiary alicyclic amines) is 1. The summed E-state index contributed by atoms with van der Waals surface area (Å²) < 4.78 is 61.2. The van der Waals surface area contributed by atoms with Gasteiger partial charge < -0.3 is 19.1 Å². The van der Waals surface area contributed by atoms with E-state index in [0.29, 0.717) is 31.2 Å². The van der Waals surface area contributed by atoms with Crippen LogP contribution in [0.4, 0.5) is 18.9 Å². The highest BCUT2D eigenvalue weighted by atomic mass is 28.3. The van der Waals surface area contributed by atoms with Crippen LogP contribution in [0.2, 0.25) is 25.7 Å². The predicted molar refractivity (Wildman–Crippen MR) is 177 cm³/mol. The van der Waals surface area contributed by atoms with Crippen molar-refractivity contribution in [2.45, 2.75) is 63.4 Å². The van der Waals surface area contributed by atoms with Gasteiger partial charge in [-0.3, -0.25) is 9.69 Å². The van der Waals surface area contributed by atoms with E-state index in [2.05, 4.69) is 53.9 Å². The molecular weight excluding hydrogens is 625 g/mol. The predicted octanol–water partition coefficient (Wildman–Crippen LogP) is 7.00. The van der Waals surface area contributed by atoms with Crippen LogP contribution in [0.15, 0.2) is 77.9 Å². The van der Waals surface area contributed by atoms with Crippen LogP contribution in [0.25, 0.3) is 0 Å². The third-order valence-corrected chi connectivity index (χ3v) is 10.4. The first-order valence-electron chi connectivity index (χ1n) is 15.9. The number of amidine groups is 1. The SMILES string of the molecule is CC1C(=O)N(COCC[Si](C)(C)C)N=C2COc3cc(C(F)(F)F)c(OC4(C)CN(C(c5ccccc5)c5ccccc5)C4)cc3N21. The third-order valence-electron chi connectivity index (χ3n) is 8.73. The Morgan fingerprint density at radius 2 is 1.64 bits per heavy atom. The lowest BCUT2D eigenvalue weighted by Gasteiger charge is -2.51. The molecule has 0 spiro atoms. The zero-order valence-electron chi connectivity index (χ0n) is 27.4. The first-order valence-corrected chi connectivity index (χ1v) is 19.6. The van der Waals surface area contributed by atoms with Gasteiger partial charge in [0.15, 0.2) is 5.84 Å². The molecule has 0 saturated carbocycles. The third kappa shape index (κ3) is 7.04. The van der Waals surface area contributed by atoms with Crippen LogP contribution in [0.5, 0.6) is 11.5 Å². The fourth-order valence-electron chi connectivity index (χ4n) is 6.37. The van der Waals surface area contributed by atoms with Gasteiger partial charge in [0.2, 0.25) is 0 Å². The van der Waals surface area contributed by atoms with Crippen molar-refractivity contribution in [1.82, 2.24) is 9.91 Å². The molecule has 1 unspecified atom stereocenters. The minimum atomic E-state index is -4.69. The van der Waals surface area contributed by atoms with Gasteiger partial charge in [-0.1, -0.05) is 80.3 Å². The number of ether oxygens (including phenoxy) is 3. The summed E-state index contributed by atoms with van der Waals surface area (Å²) >= 11 is 0. The highest BCUT2D eigenvalue weighted by Gasteiger charge is 2.48. The molecule has 6 rings (SSSR count). The monoisotopic (exact) mass is 666 g/mol. The van der Waals surface area contributed by atoms with E-state index in [1.807, 2.05) is 43.3 Å². The smallest absolute Gasteiger partial charge is 0.420 e. The van der Waals surface area contributed by atoms with Gasteiger partial charge in [0, 0.05) is 33.8 Å². The lowest BCUT2D eigenvalue weighted by Crippen LogP contribution is -2.64. The van der Waals surface area contributed by atoms with Crippen molar-refractivity contribution >= 4 is 25.5 Å². The van der Waals surface area contributed by atoms with Crippen molar-refractivity contribution in [3.63, 3.8) is 0 Å². The summed E-state index contributed by atoms with van der Waals surface area (Å²) in [5.74, 6) is -0.183. The molecule has 0 bridgehead atoms. The molecule has 1 saturated heterocycles. The molecule has 8 nitrogen and oxygen atoms in total. The van der Waals surface area contributed by atoms with E-state index >= 15 is 0 Å². The van der Waals surface area contributed by atoms with Crippen LogP contribution >= 0.6 is 0 Å². The highest BCUT2D eigenvalue weighted by Crippen LogP contribution is 2.48. The number of anilines is 1. The van der Waals surface area contributed by atoms with E-state index in [1.165, 1.54) is 11.1 Å². The summed E-state index contributed by atoms with van der Waals surface area (Å²) in [5, 5.41) is 5.75. The van der Waals surface area contributed by atoms with Crippen LogP contribution < -0.4 is 14.4 Å². The number of halogens is 3. The lowest BCUT2D eigenvalue weighted by molar-refractivity contribution is -0.143. The molecule has 0 radical (unpaired) electrons. The quantitative estimate of drug-likeness (QED) is 0.172. The largest absolute Gasteiger partial charge is 0.484 e. The topological polar surface area (TPSA) is 66.8 Å². The average Bonchev–Trinajstić information content (AvgIpc) is 3.00. The number of hydrogen-bond donors (Lipinski definition) is 0. The minimum absolute atomic E-state index is 0.00103. The van der Waals surface area contributed by atoms with Crippen molar-refractivity contribution in [2.75, 3.05) is 37.9 Å². The summed E-state index contributed by atoms with van der Waals surface area (Å²) in [7, 11) is -1.31. The molecule has 0 aliphatic carbocycles. The molecule has 0 N–H and O–H groups in total. The number of amides is 1. The Labute approximate surface area is 274 Å². The Balaban J connectivity index is 1.25. The summed E-state index contributed by atoms with van der Waals surface area (Å²) in [4.78, 5) is 17.2. The number of hydrogen-bond acceptors (Lipinski definition) is 7. The van der Waals surface area contributed by atoms with Crippen molar-refractivity contribution in [3.05, 3.63) is 89.5 Å². The number of fused-ring (bicyclic) bond motifs is 3. The number of rotatable bonds is 10. The van der Waals surface area contributed by atoms with E-state index in [1.54, 1.807) is 11.8 Å². The van der Waals surface area contributed by atoms with E-state index in [0.717, 1.165) is 23.2 Å². The van der Waals surface area contributed by atoms with Crippen LogP contribution in [0, 0.1) is 0 Å². The molecular formula is C35H41F3N4O4Si. The molecule has 47 heavy (non-hydrogen) atoms. The normalized spacial score (nSPS) is 19.5. The van der Waals surface area contributed by atoms with Crippen LogP contribution in [-0.2, 0) is 15.7 Å². The fraction of sp³-hybridized carbons (Fsp3) is 0.429. The molecule has 250 valence electrons. The number of carbonyl (C=O) groups excluding carboxylic acids is 1. The first kappa shape index (κ1) is 33.0. The highest BCUT2D eigenvalue weighted by molar-refractivity contribution is 6.76. The van der Waals surface area contributed by atoms with Gasteiger partial charge in [0.25, 0.3) is 5.91 Å². The van der Waals surface area contributed by atoms with Gasteiger partial charge in [0.1, 0.15) is 42.0 Å². The van der Waals surface area contributed by atoms with Gasteiger partial charge in [-0.2, -0.15) is 18.3 Å². The standard InChI is InChI=1S/C35H41F3N4O4Si/c1-24-33(43)41(23-44-16-17-47(3,4)5)39-31-20-45-30-18-27(35(36,37)38)29(19-28(30)42(24)31)46-34(2)21-40(22-34)32(25-12-8-6-9-13-25)26-14-10-7-11-15-26/h6-15,18-19,24,32H,16-17,20-23H2,1-5H3. The second-order valence-electron chi connectivity index (χ2n) is 13.9. The van der Waals surface area contributed by atoms with Crippen molar-refractivity contribution < 1.29 is 32.2 Å². The molecule has 1 fully saturated rings. The minimum Gasteiger partial charge on any atom is -0.484 e. The maximum atomic E-state index is 14.5. The molecule has 3 heterocycles. The summed E-state index contributed by atoms with van der Waals surface area (Å²) in [6.45, 7) is 11.5. The van der Waals surface area contributed by atoms with Gasteiger partial charge in [0.05, 0.1) is 11.7 Å². The molecule has 3 aliphatic heterocycles. The van der Waals surface area contributed by atoms with Crippen LogP contribution in [0.3, 0.4) is 0 Å². The van der Waals surface area contributed by atoms with Crippen molar-refractivity contribution in [1.29, 1.82) is 0 Å². The number of carbonyl (C=O) groups is 1. The number of alkyl halides is 3. The first-order chi connectivity index (χ1) is 22.2. The summed E-state index contributed by atoms with van der Waals surface area (Å²) in [6, 6.07) is 22.5.